The molecule has 0 aliphatic carbocycles. The van der Waals surface area contributed by atoms with E-state index in [9.17, 15) is 24.8 Å². The van der Waals surface area contributed by atoms with Crippen LogP contribution in [0.3, 0.4) is 0 Å². The van der Waals surface area contributed by atoms with Crippen molar-refractivity contribution in [2.75, 3.05) is 106 Å². The molecule has 0 amide bonds. The average molecular weight is 961 g/mol. The zero-order chi connectivity index (χ0) is 48.5. The minimum Gasteiger partial charge on any atom is -0.494 e. The molecule has 5 rings (SSSR count). The minimum absolute atomic E-state index is 0.0131. The van der Waals surface area contributed by atoms with E-state index in [-0.39, 0.29) is 30.2 Å². The molecule has 0 aliphatic rings. The zero-order valence-corrected chi connectivity index (χ0v) is 38.8. The van der Waals surface area contributed by atoms with Crippen molar-refractivity contribution < 1.29 is 71.9 Å². The third-order valence-corrected chi connectivity index (χ3v) is 11.5. The van der Waals surface area contributed by atoms with E-state index in [1.165, 1.54) is 38.5 Å². The van der Waals surface area contributed by atoms with Crippen molar-refractivity contribution >= 4 is 23.3 Å². The van der Waals surface area contributed by atoms with Gasteiger partial charge in [-0.05, 0) is 66.7 Å². The number of rotatable bonds is 29. The molecular formula is C47H59F3N4O12S. The molecule has 1 heterocycles. The number of halogens is 3. The fourth-order valence-electron chi connectivity index (χ4n) is 6.71. The van der Waals surface area contributed by atoms with Gasteiger partial charge in [-0.25, -0.2) is 18.2 Å². The fraction of sp³-hybridized carbons (Fsp3) is 0.426. The van der Waals surface area contributed by atoms with Gasteiger partial charge >= 0.3 is 0 Å². The van der Waals surface area contributed by atoms with E-state index >= 15 is 8.78 Å². The lowest BCUT2D eigenvalue weighted by atomic mass is 10.0. The van der Waals surface area contributed by atoms with Crippen LogP contribution in [0, 0.1) is 17.5 Å². The van der Waals surface area contributed by atoms with E-state index in [0.29, 0.717) is 91.2 Å². The molecule has 0 bridgehead atoms. The van der Waals surface area contributed by atoms with E-state index in [1.54, 1.807) is 72.3 Å². The smallest absolute Gasteiger partial charge is 0.174 e. The summed E-state index contributed by atoms with van der Waals surface area (Å²) in [6.07, 6.45) is -4.57. The predicted octanol–water partition coefficient (Wildman–Crippen LogP) is 4.84. The first-order valence-corrected chi connectivity index (χ1v) is 22.2. The maximum absolute atomic E-state index is 15.7. The van der Waals surface area contributed by atoms with Crippen LogP contribution in [0.4, 0.5) is 24.7 Å². The molecule has 0 fully saturated rings. The van der Waals surface area contributed by atoms with Gasteiger partial charge in [-0.15, -0.1) is 0 Å². The van der Waals surface area contributed by atoms with Gasteiger partial charge in [-0.1, -0.05) is 23.9 Å². The Labute approximate surface area is 392 Å². The summed E-state index contributed by atoms with van der Waals surface area (Å²) in [6, 6.07) is 19.2. The quantitative estimate of drug-likeness (QED) is 0.0323. The monoisotopic (exact) mass is 960 g/mol. The number of benzene rings is 4. The number of methoxy groups -OCH3 is 3. The Hall–Kier alpha value is -5.13. The standard InChI is InChI=1S/C47H59F3N4O12S/c1-52(27-39(56)45(58)46(59)40(57)28-55)14-15-63-16-17-64-18-19-65-20-21-66-34-10-6-30(7-11-34)31-22-37(49)35(38(50)23-31)29-67-47-51-26-44(54(47)33-8-12-36(48)42(25-33)61-4)53(2)32-9-13-41(60-3)43(24-32)62-5/h6-13,22-26,39-40,45-46,55-59H,14-21,27-29H2,1-5H3/t39-,40+,45+,46+/m0/s1. The summed E-state index contributed by atoms with van der Waals surface area (Å²) in [7, 11) is 7.96. The van der Waals surface area contributed by atoms with Gasteiger partial charge in [0.2, 0.25) is 0 Å². The van der Waals surface area contributed by atoms with Crippen molar-refractivity contribution in [1.82, 2.24) is 14.5 Å². The van der Waals surface area contributed by atoms with Crippen LogP contribution in [-0.4, -0.2) is 166 Å². The Bertz CT molecular complexity index is 2270. The highest BCUT2D eigenvalue weighted by Gasteiger charge is 2.30. The summed E-state index contributed by atoms with van der Waals surface area (Å²) >= 11 is 1.11. The second-order valence-electron chi connectivity index (χ2n) is 15.1. The third kappa shape index (κ3) is 14.7. The summed E-state index contributed by atoms with van der Waals surface area (Å²) in [5.41, 5.74) is 2.03. The lowest BCUT2D eigenvalue weighted by Gasteiger charge is -2.28. The number of hydrogen-bond acceptors (Lipinski definition) is 16. The predicted molar refractivity (Wildman–Crippen MR) is 246 cm³/mol. The van der Waals surface area contributed by atoms with Crippen LogP contribution < -0.4 is 23.8 Å². The topological polar surface area (TPSA) is 190 Å². The minimum atomic E-state index is -1.67. The molecule has 20 heteroatoms. The first-order chi connectivity index (χ1) is 32.3. The maximum Gasteiger partial charge on any atom is 0.174 e. The average Bonchev–Trinajstić information content (AvgIpc) is 3.76. The Morgan fingerprint density at radius 3 is 1.90 bits per heavy atom. The summed E-state index contributed by atoms with van der Waals surface area (Å²) in [5, 5.41) is 48.5. The summed E-state index contributed by atoms with van der Waals surface area (Å²) in [6.45, 7) is 1.93. The van der Waals surface area contributed by atoms with Crippen LogP contribution in [0.5, 0.6) is 23.0 Å². The molecule has 0 aliphatic heterocycles. The third-order valence-electron chi connectivity index (χ3n) is 10.6. The van der Waals surface area contributed by atoms with Gasteiger partial charge in [0.25, 0.3) is 0 Å². The number of thioether (sulfide) groups is 1. The van der Waals surface area contributed by atoms with Crippen molar-refractivity contribution in [2.45, 2.75) is 35.3 Å². The number of ether oxygens (including phenoxy) is 7. The summed E-state index contributed by atoms with van der Waals surface area (Å²) in [5.74, 6) is 0.0878. The van der Waals surface area contributed by atoms with Gasteiger partial charge in [-0.3, -0.25) is 4.57 Å². The molecule has 366 valence electrons. The molecule has 1 aromatic heterocycles. The van der Waals surface area contributed by atoms with Gasteiger partial charge < -0.3 is 68.5 Å². The SMILES string of the molecule is COc1cc(-n2c(N(C)c3ccc(OC)c(OC)c3)cnc2SCc2c(F)cc(-c3ccc(OCCOCCOCCOCCN(C)C[C@H](O)[C@@H](O)[C@H](O)[C@H](O)CO)cc3)cc2F)ccc1F. The van der Waals surface area contributed by atoms with E-state index in [0.717, 1.165) is 17.4 Å². The van der Waals surface area contributed by atoms with Crippen molar-refractivity contribution in [3.8, 4) is 39.8 Å². The van der Waals surface area contributed by atoms with Crippen LogP contribution in [0.1, 0.15) is 5.56 Å². The maximum atomic E-state index is 15.7. The van der Waals surface area contributed by atoms with Crippen molar-refractivity contribution in [3.63, 3.8) is 0 Å². The molecule has 0 unspecified atom stereocenters. The van der Waals surface area contributed by atoms with Crippen LogP contribution >= 0.6 is 11.8 Å². The first-order valence-electron chi connectivity index (χ1n) is 21.3. The highest BCUT2D eigenvalue weighted by molar-refractivity contribution is 7.98. The van der Waals surface area contributed by atoms with Gasteiger partial charge in [0.15, 0.2) is 28.2 Å². The summed E-state index contributed by atoms with van der Waals surface area (Å²) < 4.78 is 86.2. The molecule has 16 nitrogen and oxygen atoms in total. The second kappa shape index (κ2) is 26.4. The van der Waals surface area contributed by atoms with Crippen LogP contribution in [-0.2, 0) is 20.0 Å². The van der Waals surface area contributed by atoms with Gasteiger partial charge in [0.1, 0.15) is 48.1 Å². The molecule has 67 heavy (non-hydrogen) atoms. The van der Waals surface area contributed by atoms with E-state index < -0.39 is 48.5 Å². The van der Waals surface area contributed by atoms with Crippen LogP contribution in [0.15, 0.2) is 84.1 Å². The van der Waals surface area contributed by atoms with E-state index in [2.05, 4.69) is 4.98 Å². The number of aliphatic hydroxyl groups is 5. The molecule has 0 saturated heterocycles. The second-order valence-corrected chi connectivity index (χ2v) is 16.1. The molecule has 4 atom stereocenters. The number of imidazole rings is 1. The number of nitrogens with zero attached hydrogens (tertiary/aromatic N) is 4. The van der Waals surface area contributed by atoms with Crippen molar-refractivity contribution in [3.05, 3.63) is 102 Å². The molecule has 5 N–H and O–H groups in total. The fourth-order valence-corrected chi connectivity index (χ4v) is 7.72. The Kier molecular flexibility index (Phi) is 20.8. The Balaban J connectivity index is 1.07. The largest absolute Gasteiger partial charge is 0.494 e. The molecule has 4 aromatic carbocycles. The van der Waals surface area contributed by atoms with Crippen molar-refractivity contribution in [1.29, 1.82) is 0 Å². The molecule has 0 radical (unpaired) electrons. The number of hydrogen-bond donors (Lipinski definition) is 5. The van der Waals surface area contributed by atoms with E-state index in [4.69, 9.17) is 38.3 Å². The molecule has 0 spiro atoms. The summed E-state index contributed by atoms with van der Waals surface area (Å²) in [4.78, 5) is 8.15. The highest BCUT2D eigenvalue weighted by Crippen LogP contribution is 2.38. The highest BCUT2D eigenvalue weighted by atomic mass is 32.2. The molecular weight excluding hydrogens is 902 g/mol. The molecule has 0 saturated carbocycles. The normalized spacial score (nSPS) is 13.3. The zero-order valence-electron chi connectivity index (χ0n) is 38.0. The van der Waals surface area contributed by atoms with Crippen molar-refractivity contribution in [2.24, 2.45) is 0 Å². The Morgan fingerprint density at radius 1 is 0.657 bits per heavy atom. The number of likely N-dealkylation sites (N-methyl/N-ethyl adjacent to an activating group) is 1. The van der Waals surface area contributed by atoms with Crippen LogP contribution in [0.2, 0.25) is 0 Å². The van der Waals surface area contributed by atoms with Gasteiger partial charge in [0.05, 0.1) is 85.6 Å². The van der Waals surface area contributed by atoms with Gasteiger partial charge in [-0.2, -0.15) is 0 Å². The Morgan fingerprint density at radius 2 is 1.27 bits per heavy atom. The lowest BCUT2D eigenvalue weighted by Crippen LogP contribution is -2.49. The van der Waals surface area contributed by atoms with Gasteiger partial charge in [0, 0.05) is 49.3 Å². The number of aliphatic hydroxyl groups excluding tert-OH is 5. The molecule has 5 aromatic rings. The number of aromatic nitrogens is 2. The first kappa shape index (κ1) is 52.8. The van der Waals surface area contributed by atoms with Crippen LogP contribution in [0.25, 0.3) is 16.8 Å². The number of anilines is 2. The lowest BCUT2D eigenvalue weighted by molar-refractivity contribution is -0.119. The van der Waals surface area contributed by atoms with E-state index in [1.807, 2.05) is 18.0 Å².